The predicted octanol–water partition coefficient (Wildman–Crippen LogP) is -4.93. The van der Waals surface area contributed by atoms with Gasteiger partial charge in [0.2, 0.25) is 53.2 Å². The molecule has 2 aromatic rings. The van der Waals surface area contributed by atoms with Gasteiger partial charge in [0.05, 0.1) is 25.9 Å². The summed E-state index contributed by atoms with van der Waals surface area (Å²) in [5.41, 5.74) is 22.8. The first-order valence-corrected chi connectivity index (χ1v) is 26.7. The molecule has 1 aromatic heterocycles. The van der Waals surface area contributed by atoms with E-state index in [9.17, 15) is 73.2 Å². The summed E-state index contributed by atoms with van der Waals surface area (Å²) >= 11 is 0. The van der Waals surface area contributed by atoms with Crippen molar-refractivity contribution >= 4 is 71.1 Å². The van der Waals surface area contributed by atoms with Crippen molar-refractivity contribution < 1.29 is 73.2 Å². The largest absolute Gasteiger partial charge is 0.508 e. The van der Waals surface area contributed by atoms with E-state index < -0.39 is 145 Å². The maximum atomic E-state index is 14.2. The molecule has 9 amide bonds. The number of rotatable bonds is 38. The van der Waals surface area contributed by atoms with Crippen molar-refractivity contribution in [2.24, 2.45) is 39.8 Å². The molecule has 1 aromatic carbocycles. The van der Waals surface area contributed by atoms with Crippen LogP contribution in [0.1, 0.15) is 97.2 Å². The number of aliphatic hydroxyl groups excluding tert-OH is 1. The maximum Gasteiger partial charge on any atom is 0.326 e. The lowest BCUT2D eigenvalue weighted by Crippen LogP contribution is -2.60. The number of phenols is 1. The third-order valence-corrected chi connectivity index (χ3v) is 12.6. The number of imidazole rings is 1. The first-order chi connectivity index (χ1) is 38.7. The van der Waals surface area contributed by atoms with Crippen molar-refractivity contribution in [2.75, 3.05) is 26.2 Å². The average Bonchev–Trinajstić information content (AvgIpc) is 4.00. The Morgan fingerprint density at radius 3 is 1.79 bits per heavy atom. The van der Waals surface area contributed by atoms with E-state index in [-0.39, 0.29) is 75.7 Å². The third-order valence-electron chi connectivity index (χ3n) is 12.6. The van der Waals surface area contributed by atoms with Gasteiger partial charge in [-0.05, 0) is 81.5 Å². The second kappa shape index (κ2) is 36.0. The van der Waals surface area contributed by atoms with E-state index in [1.165, 1.54) is 43.7 Å². The minimum Gasteiger partial charge on any atom is -0.508 e. The number of hydrogen-bond acceptors (Lipinski definition) is 17. The molecule has 31 nitrogen and oxygen atoms in total. The second-order valence-corrected chi connectivity index (χ2v) is 20.0. The van der Waals surface area contributed by atoms with Crippen molar-refractivity contribution in [1.82, 2.24) is 57.8 Å². The molecule has 10 atom stereocenters. The molecule has 0 saturated carbocycles. The number of phenolic OH excluding ortho intramolecular Hbond substituents is 1. The lowest BCUT2D eigenvalue weighted by Gasteiger charge is -2.28. The molecular formula is C51H82N16O15. The number of nitrogens with two attached hydrogens (primary N) is 4. The summed E-state index contributed by atoms with van der Waals surface area (Å²) in [6, 6.07) is -7.09. The second-order valence-electron chi connectivity index (χ2n) is 20.0. The molecule has 2 rings (SSSR count). The summed E-state index contributed by atoms with van der Waals surface area (Å²) < 4.78 is 0. The van der Waals surface area contributed by atoms with E-state index in [1.807, 2.05) is 0 Å². The molecule has 0 aliphatic carbocycles. The lowest BCUT2D eigenvalue weighted by atomic mass is 9.97. The smallest absolute Gasteiger partial charge is 0.326 e. The molecule has 0 spiro atoms. The van der Waals surface area contributed by atoms with E-state index in [4.69, 9.17) is 22.9 Å². The molecule has 0 saturated heterocycles. The number of carbonyl (C=O) groups excluding carboxylic acids is 9. The predicted molar refractivity (Wildman–Crippen MR) is 295 cm³/mol. The van der Waals surface area contributed by atoms with Crippen molar-refractivity contribution in [3.05, 3.63) is 48.0 Å². The van der Waals surface area contributed by atoms with E-state index in [0.29, 0.717) is 24.1 Å². The number of aliphatic imine (C=N–C) groups is 1. The summed E-state index contributed by atoms with van der Waals surface area (Å²) in [7, 11) is 0. The zero-order chi connectivity index (χ0) is 61.6. The summed E-state index contributed by atoms with van der Waals surface area (Å²) in [5.74, 6) is -12.2. The van der Waals surface area contributed by atoms with Crippen LogP contribution in [0.25, 0.3) is 0 Å². The van der Waals surface area contributed by atoms with Gasteiger partial charge >= 0.3 is 11.9 Å². The van der Waals surface area contributed by atoms with E-state index in [2.05, 4.69) is 62.8 Å². The number of nitrogens with zero attached hydrogens (tertiary/aromatic N) is 2. The van der Waals surface area contributed by atoms with Crippen LogP contribution in [0.4, 0.5) is 0 Å². The van der Waals surface area contributed by atoms with Gasteiger partial charge in [-0.2, -0.15) is 0 Å². The van der Waals surface area contributed by atoms with Gasteiger partial charge in [0, 0.05) is 31.3 Å². The summed E-state index contributed by atoms with van der Waals surface area (Å²) in [4.78, 5) is 157. The van der Waals surface area contributed by atoms with Crippen LogP contribution in [0.3, 0.4) is 0 Å². The molecule has 0 aliphatic heterocycles. The van der Waals surface area contributed by atoms with E-state index in [1.54, 1.807) is 27.7 Å². The molecule has 1 heterocycles. The fourth-order valence-electron chi connectivity index (χ4n) is 7.85. The Kier molecular flexibility index (Phi) is 30.6. The quantitative estimate of drug-likeness (QED) is 0.0170. The third kappa shape index (κ3) is 25.8. The summed E-state index contributed by atoms with van der Waals surface area (Å²) in [5, 5.41) is 60.9. The fraction of sp³-hybridized carbons (Fsp3) is 0.588. The number of aromatic amines is 1. The van der Waals surface area contributed by atoms with Crippen molar-refractivity contribution in [3.63, 3.8) is 0 Å². The number of carboxylic acid groups (broad SMARTS) is 2. The first-order valence-electron chi connectivity index (χ1n) is 26.7. The average molecular weight is 1160 g/mol. The summed E-state index contributed by atoms with van der Waals surface area (Å²) in [6.45, 7) is 6.98. The number of carboxylic acids is 2. The van der Waals surface area contributed by atoms with Crippen LogP contribution in [0.5, 0.6) is 5.75 Å². The molecule has 31 heteroatoms. The van der Waals surface area contributed by atoms with Gasteiger partial charge in [-0.3, -0.25) is 52.9 Å². The number of aliphatic hydroxyl groups is 1. The van der Waals surface area contributed by atoms with E-state index in [0.717, 1.165) is 0 Å². The highest BCUT2D eigenvalue weighted by molar-refractivity contribution is 5.98. The van der Waals surface area contributed by atoms with Crippen LogP contribution in [0, 0.1) is 11.8 Å². The van der Waals surface area contributed by atoms with Gasteiger partial charge in [0.25, 0.3) is 0 Å². The van der Waals surface area contributed by atoms with Crippen LogP contribution >= 0.6 is 0 Å². The number of aromatic nitrogens is 2. The standard InChI is InChI=1S/C51H82N16O15/c1-6-27(4)41(67-48(79)36(19-29-12-14-31(69)15-13-29)64-42(73)28(5)60-45(76)37(20-30-22-56-25-59-30)65-43(74)32(53)24-68)49(80)58-23-39(70)61-35(18-26(2)3)46(77)62-33(10-7-8-16-52)44(75)66-38(21-40(71)72)47(78)63-34(50(81)82)11-9-17-57-51(54)55/h12-15,22,25-28,32-38,41,68-69H,6-11,16-21,23-24,52-53H2,1-5H3,(H,56,59)(H,58,80)(H,60,76)(H,61,70)(H,62,77)(H,63,78)(H,64,73)(H,65,74)(H,66,75)(H,67,79)(H,71,72)(H,81,82)(H4,54,55,57)/t27-,28-,32-,33-,34-,35-,36-,37-,38-,41-/m0/s1. The number of benzene rings is 1. The summed E-state index contributed by atoms with van der Waals surface area (Å²) in [6.07, 6.45) is 2.37. The number of hydrogen-bond donors (Lipinski definition) is 18. The van der Waals surface area contributed by atoms with Gasteiger partial charge in [-0.15, -0.1) is 0 Å². The lowest BCUT2D eigenvalue weighted by molar-refractivity contribution is -0.144. The molecule has 82 heavy (non-hydrogen) atoms. The number of guanidine groups is 1. The number of amides is 9. The Labute approximate surface area is 473 Å². The van der Waals surface area contributed by atoms with Gasteiger partial charge in [0.15, 0.2) is 5.96 Å². The van der Waals surface area contributed by atoms with E-state index >= 15 is 0 Å². The van der Waals surface area contributed by atoms with Crippen molar-refractivity contribution in [1.29, 1.82) is 0 Å². The Morgan fingerprint density at radius 2 is 1.22 bits per heavy atom. The number of nitrogens with one attached hydrogen (secondary N) is 10. The maximum absolute atomic E-state index is 14.2. The Bertz CT molecular complexity index is 2480. The minimum atomic E-state index is -1.80. The number of aromatic hydroxyl groups is 1. The minimum absolute atomic E-state index is 0.0100. The van der Waals surface area contributed by atoms with Gasteiger partial charge in [-0.25, -0.2) is 9.78 Å². The van der Waals surface area contributed by atoms with Crippen LogP contribution in [-0.2, 0) is 65.6 Å². The number of H-pyrrole nitrogens is 1. The molecule has 456 valence electrons. The highest BCUT2D eigenvalue weighted by Crippen LogP contribution is 2.15. The topological polar surface area (TPSA) is 522 Å². The number of unbranched alkanes of at least 4 members (excludes halogenated alkanes) is 1. The Morgan fingerprint density at radius 1 is 0.659 bits per heavy atom. The van der Waals surface area contributed by atoms with Gasteiger partial charge < -0.3 is 96.2 Å². The fourth-order valence-corrected chi connectivity index (χ4v) is 7.85. The van der Waals surface area contributed by atoms with Gasteiger partial charge in [0.1, 0.15) is 60.1 Å². The zero-order valence-electron chi connectivity index (χ0n) is 46.7. The van der Waals surface area contributed by atoms with Crippen molar-refractivity contribution in [2.45, 2.75) is 153 Å². The highest BCUT2D eigenvalue weighted by Gasteiger charge is 2.35. The molecule has 0 fully saturated rings. The Hall–Kier alpha value is -8.45. The highest BCUT2D eigenvalue weighted by atomic mass is 16.4. The normalized spacial score (nSPS) is 14.7. The zero-order valence-corrected chi connectivity index (χ0v) is 46.7. The SMILES string of the molecule is CC[C@H](C)[C@H](NC(=O)[C@H](Cc1ccc(O)cc1)NC(=O)[C@H](C)NC(=O)[C@H](Cc1cnc[nH]1)NC(=O)[C@@H](N)CO)C(=O)NCC(=O)N[C@@H](CC(C)C)C(=O)N[C@@H](CCCCN)C(=O)N[C@@H](CC(=O)O)C(=O)N[C@@H](CCCN=C(N)N)C(=O)O. The number of carbonyl (C=O) groups is 11. The molecule has 0 radical (unpaired) electrons. The monoisotopic (exact) mass is 1160 g/mol. The van der Waals surface area contributed by atoms with Crippen LogP contribution in [-0.4, -0.2) is 182 Å². The molecule has 22 N–H and O–H groups in total. The molecule has 0 unspecified atom stereocenters. The Balaban J connectivity index is 2.30. The molecule has 0 bridgehead atoms. The molecule has 0 aliphatic rings. The van der Waals surface area contributed by atoms with Crippen molar-refractivity contribution in [3.8, 4) is 5.75 Å². The number of aliphatic carboxylic acids is 2. The van der Waals surface area contributed by atoms with Crippen LogP contribution in [0.2, 0.25) is 0 Å². The molecular weight excluding hydrogens is 1080 g/mol. The first kappa shape index (κ1) is 69.7. The van der Waals surface area contributed by atoms with Crippen LogP contribution < -0.4 is 70.8 Å². The van der Waals surface area contributed by atoms with Gasteiger partial charge in [-0.1, -0.05) is 46.2 Å². The van der Waals surface area contributed by atoms with Crippen LogP contribution in [0.15, 0.2) is 41.8 Å².